The Hall–Kier alpha value is -1.65. The molecule has 28 heavy (non-hydrogen) atoms. The zero-order valence-corrected chi connectivity index (χ0v) is 18.7. The van der Waals surface area contributed by atoms with Crippen LogP contribution in [0.1, 0.15) is 70.2 Å². The summed E-state index contributed by atoms with van der Waals surface area (Å²) >= 11 is 1.83. The summed E-state index contributed by atoms with van der Waals surface area (Å²) in [5.41, 5.74) is 9.15. The molecule has 3 aromatic rings. The zero-order valence-electron chi connectivity index (χ0n) is 17.9. The van der Waals surface area contributed by atoms with Gasteiger partial charge in [0.05, 0.1) is 5.52 Å². The maximum absolute atomic E-state index is 6.28. The molecule has 0 saturated carbocycles. The van der Waals surface area contributed by atoms with Gasteiger partial charge in [-0.1, -0.05) is 59.1 Å². The summed E-state index contributed by atoms with van der Waals surface area (Å²) in [6, 6.07) is 8.95. The van der Waals surface area contributed by atoms with E-state index in [4.69, 9.17) is 10.7 Å². The number of pyridine rings is 1. The Morgan fingerprint density at radius 1 is 1.04 bits per heavy atom. The SMILES string of the molecule is CCNCc1cc2c(N)nc3cc(CCCCCCC(C)(C)C)ccc3c2s1. The molecule has 0 unspecified atom stereocenters. The number of aromatic nitrogens is 1. The second-order valence-electron chi connectivity index (χ2n) is 9.06. The molecule has 0 atom stereocenters. The molecule has 0 aliphatic carbocycles. The lowest BCUT2D eigenvalue weighted by atomic mass is 9.89. The monoisotopic (exact) mass is 397 g/mol. The fraction of sp³-hybridized carbons (Fsp3) is 0.542. The Morgan fingerprint density at radius 2 is 1.82 bits per heavy atom. The summed E-state index contributed by atoms with van der Waals surface area (Å²) in [5.74, 6) is 0.654. The molecule has 0 saturated heterocycles. The van der Waals surface area contributed by atoms with Gasteiger partial charge in [-0.25, -0.2) is 4.98 Å². The minimum absolute atomic E-state index is 0.462. The highest BCUT2D eigenvalue weighted by atomic mass is 32.1. The van der Waals surface area contributed by atoms with Crippen LogP contribution in [0.3, 0.4) is 0 Å². The summed E-state index contributed by atoms with van der Waals surface area (Å²) in [6.45, 7) is 11.0. The number of rotatable bonds is 9. The molecular formula is C24H35N3S. The van der Waals surface area contributed by atoms with Crippen LogP contribution in [0.2, 0.25) is 0 Å². The van der Waals surface area contributed by atoms with Crippen LogP contribution in [0.15, 0.2) is 24.3 Å². The normalized spacial score (nSPS) is 12.3. The number of hydrogen-bond donors (Lipinski definition) is 2. The number of benzene rings is 1. The van der Waals surface area contributed by atoms with E-state index in [0.29, 0.717) is 11.2 Å². The van der Waals surface area contributed by atoms with E-state index in [1.54, 1.807) is 0 Å². The molecule has 3 rings (SSSR count). The quantitative estimate of drug-likeness (QED) is 0.396. The molecular weight excluding hydrogens is 362 g/mol. The number of nitrogens with zero attached hydrogens (tertiary/aromatic N) is 1. The lowest BCUT2D eigenvalue weighted by molar-refractivity contribution is 0.357. The van der Waals surface area contributed by atoms with Crippen LogP contribution in [0.4, 0.5) is 5.82 Å². The molecule has 2 heterocycles. The van der Waals surface area contributed by atoms with Gasteiger partial charge in [-0.05, 0) is 48.9 Å². The Kier molecular flexibility index (Phi) is 6.95. The molecule has 1 aromatic carbocycles. The number of anilines is 1. The lowest BCUT2D eigenvalue weighted by Crippen LogP contribution is -2.10. The first-order valence-electron chi connectivity index (χ1n) is 10.7. The van der Waals surface area contributed by atoms with Crippen molar-refractivity contribution >= 4 is 38.1 Å². The summed E-state index contributed by atoms with van der Waals surface area (Å²) in [7, 11) is 0. The number of nitrogens with one attached hydrogen (secondary N) is 1. The van der Waals surface area contributed by atoms with E-state index in [1.807, 2.05) is 11.3 Å². The van der Waals surface area contributed by atoms with Gasteiger partial charge >= 0.3 is 0 Å². The first kappa shape index (κ1) is 21.1. The molecule has 0 bridgehead atoms. The van der Waals surface area contributed by atoms with Gasteiger partial charge in [-0.2, -0.15) is 0 Å². The van der Waals surface area contributed by atoms with Crippen LogP contribution in [0, 0.1) is 5.41 Å². The van der Waals surface area contributed by atoms with Crippen LogP contribution < -0.4 is 11.1 Å². The van der Waals surface area contributed by atoms with Crippen molar-refractivity contribution in [3.05, 3.63) is 34.7 Å². The summed E-state index contributed by atoms with van der Waals surface area (Å²) in [5, 5.41) is 5.72. The summed E-state index contributed by atoms with van der Waals surface area (Å²) < 4.78 is 1.27. The number of aryl methyl sites for hydroxylation is 1. The number of unbranched alkanes of at least 4 members (excludes halogenated alkanes) is 3. The second-order valence-corrected chi connectivity index (χ2v) is 10.2. The average molecular weight is 398 g/mol. The van der Waals surface area contributed by atoms with Crippen molar-refractivity contribution in [2.45, 2.75) is 72.8 Å². The molecule has 152 valence electrons. The fourth-order valence-corrected chi connectivity index (χ4v) is 4.88. The third-order valence-corrected chi connectivity index (χ3v) is 6.47. The highest BCUT2D eigenvalue weighted by Crippen LogP contribution is 2.35. The summed E-state index contributed by atoms with van der Waals surface area (Å²) in [4.78, 5) is 6.02. The standard InChI is InChI=1S/C24H35N3S/c1-5-26-16-18-15-20-22(28-18)19-12-11-17(14-21(19)27-23(20)25)10-8-6-7-9-13-24(2,3)4/h11-12,14-15,26H,5-10,13,16H2,1-4H3,(H2,25,27). The largest absolute Gasteiger partial charge is 0.383 e. The third-order valence-electron chi connectivity index (χ3n) is 5.30. The van der Waals surface area contributed by atoms with Crippen molar-refractivity contribution < 1.29 is 0 Å². The van der Waals surface area contributed by atoms with Gasteiger partial charge in [0, 0.05) is 26.9 Å². The van der Waals surface area contributed by atoms with Gasteiger partial charge in [0.15, 0.2) is 0 Å². The topological polar surface area (TPSA) is 50.9 Å². The van der Waals surface area contributed by atoms with E-state index >= 15 is 0 Å². The molecule has 0 radical (unpaired) electrons. The van der Waals surface area contributed by atoms with Crippen LogP contribution in [-0.4, -0.2) is 11.5 Å². The van der Waals surface area contributed by atoms with Crippen LogP contribution in [0.5, 0.6) is 0 Å². The smallest absolute Gasteiger partial charge is 0.132 e. The van der Waals surface area contributed by atoms with Gasteiger partial charge in [0.2, 0.25) is 0 Å². The first-order valence-corrected chi connectivity index (χ1v) is 11.5. The number of nitrogen functional groups attached to an aromatic ring is 1. The second kappa shape index (κ2) is 9.23. The van der Waals surface area contributed by atoms with E-state index in [2.05, 4.69) is 57.3 Å². The number of hydrogen-bond acceptors (Lipinski definition) is 4. The first-order chi connectivity index (χ1) is 13.4. The van der Waals surface area contributed by atoms with Gasteiger partial charge in [-0.3, -0.25) is 0 Å². The van der Waals surface area contributed by atoms with Crippen molar-refractivity contribution in [2.24, 2.45) is 5.41 Å². The minimum atomic E-state index is 0.462. The molecule has 0 fully saturated rings. The number of fused-ring (bicyclic) bond motifs is 3. The summed E-state index contributed by atoms with van der Waals surface area (Å²) in [6.07, 6.45) is 7.67. The van der Waals surface area contributed by atoms with Crippen LogP contribution in [-0.2, 0) is 13.0 Å². The molecule has 0 aliphatic rings. The average Bonchev–Trinajstić information content (AvgIpc) is 3.07. The number of thiophene rings is 1. The van der Waals surface area contributed by atoms with Gasteiger partial charge in [-0.15, -0.1) is 11.3 Å². The van der Waals surface area contributed by atoms with E-state index in [9.17, 15) is 0 Å². The van der Waals surface area contributed by atoms with Crippen molar-refractivity contribution in [2.75, 3.05) is 12.3 Å². The van der Waals surface area contributed by atoms with E-state index < -0.39 is 0 Å². The van der Waals surface area contributed by atoms with Crippen molar-refractivity contribution in [3.63, 3.8) is 0 Å². The zero-order chi connectivity index (χ0) is 20.1. The Balaban J connectivity index is 1.67. The maximum Gasteiger partial charge on any atom is 0.132 e. The van der Waals surface area contributed by atoms with Crippen molar-refractivity contribution in [1.29, 1.82) is 0 Å². The predicted molar refractivity (Wildman–Crippen MR) is 125 cm³/mol. The molecule has 0 aliphatic heterocycles. The predicted octanol–water partition coefficient (Wildman–Crippen LogP) is 6.68. The van der Waals surface area contributed by atoms with E-state index in [1.165, 1.54) is 52.6 Å². The Morgan fingerprint density at radius 3 is 2.57 bits per heavy atom. The lowest BCUT2D eigenvalue weighted by Gasteiger charge is -2.17. The highest BCUT2D eigenvalue weighted by molar-refractivity contribution is 7.20. The van der Waals surface area contributed by atoms with Crippen LogP contribution >= 0.6 is 11.3 Å². The molecule has 3 nitrogen and oxygen atoms in total. The van der Waals surface area contributed by atoms with Gasteiger partial charge in [0.25, 0.3) is 0 Å². The minimum Gasteiger partial charge on any atom is -0.383 e. The Labute approximate surface area is 173 Å². The van der Waals surface area contributed by atoms with Gasteiger partial charge in [0.1, 0.15) is 5.82 Å². The van der Waals surface area contributed by atoms with E-state index in [-0.39, 0.29) is 0 Å². The van der Waals surface area contributed by atoms with Crippen LogP contribution in [0.25, 0.3) is 21.0 Å². The van der Waals surface area contributed by atoms with Gasteiger partial charge < -0.3 is 11.1 Å². The van der Waals surface area contributed by atoms with Crippen molar-refractivity contribution in [1.82, 2.24) is 10.3 Å². The Bertz CT molecular complexity index is 921. The molecule has 0 amide bonds. The number of nitrogens with two attached hydrogens (primary N) is 1. The molecule has 2 aromatic heterocycles. The molecule has 3 N–H and O–H groups in total. The third kappa shape index (κ3) is 5.45. The van der Waals surface area contributed by atoms with E-state index in [0.717, 1.165) is 30.4 Å². The highest BCUT2D eigenvalue weighted by Gasteiger charge is 2.12. The van der Waals surface area contributed by atoms with Crippen molar-refractivity contribution in [3.8, 4) is 0 Å². The maximum atomic E-state index is 6.28. The molecule has 0 spiro atoms. The molecule has 4 heteroatoms. The fourth-order valence-electron chi connectivity index (χ4n) is 3.71.